The van der Waals surface area contributed by atoms with Gasteiger partial charge >= 0.3 is 12.1 Å². The Bertz CT molecular complexity index is 685. The lowest BCUT2D eigenvalue weighted by Gasteiger charge is -2.30. The second-order valence-electron chi connectivity index (χ2n) is 7.03. The molecule has 1 heterocycles. The van der Waals surface area contributed by atoms with Crippen molar-refractivity contribution in [1.82, 2.24) is 10.2 Å². The topological polar surface area (TPSA) is 114 Å². The van der Waals surface area contributed by atoms with Gasteiger partial charge in [-0.3, -0.25) is 9.59 Å². The molecule has 1 saturated heterocycles. The molecule has 1 aliphatic heterocycles. The highest BCUT2D eigenvalue weighted by Crippen LogP contribution is 2.19. The van der Waals surface area contributed by atoms with Crippen LogP contribution in [0.1, 0.15) is 31.2 Å². The molecule has 0 saturated carbocycles. The molecule has 0 aromatic heterocycles. The molecule has 0 radical (unpaired) electrons. The number of methoxy groups -OCH3 is 1. The first-order valence-electron chi connectivity index (χ1n) is 10.1. The molecule has 1 aromatic carbocycles. The normalized spacial score (nSPS) is 14.1. The molecule has 30 heavy (non-hydrogen) atoms. The largest absolute Gasteiger partial charge is 0.494 e. The van der Waals surface area contributed by atoms with E-state index >= 15 is 0 Å². The molecule has 9 nitrogen and oxygen atoms in total. The summed E-state index contributed by atoms with van der Waals surface area (Å²) in [5.74, 6) is -0.197. The summed E-state index contributed by atoms with van der Waals surface area (Å²) in [5.41, 5.74) is 0.850. The van der Waals surface area contributed by atoms with Gasteiger partial charge in [-0.2, -0.15) is 0 Å². The van der Waals surface area contributed by atoms with Crippen LogP contribution in [0.4, 0.5) is 4.79 Å². The summed E-state index contributed by atoms with van der Waals surface area (Å²) in [6.07, 6.45) is 2.13. The maximum atomic E-state index is 12.3. The molecule has 2 rings (SSSR count). The SMILES string of the molecule is COC(=O)CNC(=O)C1CCN(C(=O)OCc2ccc(OCCCCO)cc2)CC1. The Hall–Kier alpha value is -2.81. The van der Waals surface area contributed by atoms with Gasteiger partial charge in [0.2, 0.25) is 5.91 Å². The minimum absolute atomic E-state index is 0.149. The average molecular weight is 422 g/mol. The fraction of sp³-hybridized carbons (Fsp3) is 0.571. The Kier molecular flexibility index (Phi) is 9.93. The number of aliphatic hydroxyl groups is 1. The molecule has 1 aromatic rings. The zero-order chi connectivity index (χ0) is 21.8. The van der Waals surface area contributed by atoms with E-state index in [2.05, 4.69) is 10.1 Å². The van der Waals surface area contributed by atoms with E-state index in [-0.39, 0.29) is 31.6 Å². The van der Waals surface area contributed by atoms with Gasteiger partial charge in [-0.1, -0.05) is 12.1 Å². The molecule has 1 fully saturated rings. The first-order valence-corrected chi connectivity index (χ1v) is 10.1. The van der Waals surface area contributed by atoms with Gasteiger partial charge < -0.3 is 29.5 Å². The number of esters is 1. The fourth-order valence-corrected chi connectivity index (χ4v) is 3.02. The number of carbonyl (C=O) groups excluding carboxylic acids is 3. The number of carbonyl (C=O) groups is 3. The van der Waals surface area contributed by atoms with Crippen LogP contribution in [0.2, 0.25) is 0 Å². The Morgan fingerprint density at radius 2 is 1.83 bits per heavy atom. The van der Waals surface area contributed by atoms with E-state index in [1.165, 1.54) is 7.11 Å². The zero-order valence-electron chi connectivity index (χ0n) is 17.3. The van der Waals surface area contributed by atoms with Crippen molar-refractivity contribution in [3.05, 3.63) is 29.8 Å². The predicted octanol–water partition coefficient (Wildman–Crippen LogP) is 1.48. The molecular formula is C21H30N2O7. The van der Waals surface area contributed by atoms with E-state index in [9.17, 15) is 14.4 Å². The lowest BCUT2D eigenvalue weighted by atomic mass is 9.96. The smallest absolute Gasteiger partial charge is 0.410 e. The maximum Gasteiger partial charge on any atom is 0.410 e. The monoisotopic (exact) mass is 422 g/mol. The average Bonchev–Trinajstić information content (AvgIpc) is 2.79. The van der Waals surface area contributed by atoms with Crippen molar-refractivity contribution >= 4 is 18.0 Å². The van der Waals surface area contributed by atoms with Crippen molar-refractivity contribution in [3.63, 3.8) is 0 Å². The highest BCUT2D eigenvalue weighted by atomic mass is 16.6. The van der Waals surface area contributed by atoms with Crippen molar-refractivity contribution in [2.45, 2.75) is 32.3 Å². The summed E-state index contributed by atoms with van der Waals surface area (Å²) < 4.78 is 15.4. The first-order chi connectivity index (χ1) is 14.5. The fourth-order valence-electron chi connectivity index (χ4n) is 3.02. The molecule has 2 N–H and O–H groups in total. The Morgan fingerprint density at radius 1 is 1.13 bits per heavy atom. The van der Waals surface area contributed by atoms with Crippen LogP contribution in [0.15, 0.2) is 24.3 Å². The Morgan fingerprint density at radius 3 is 2.47 bits per heavy atom. The molecule has 0 bridgehead atoms. The van der Waals surface area contributed by atoms with Crippen LogP contribution >= 0.6 is 0 Å². The molecule has 0 atom stereocenters. The number of amides is 2. The highest BCUT2D eigenvalue weighted by molar-refractivity contribution is 5.83. The number of unbranched alkanes of at least 4 members (excludes halogenated alkanes) is 1. The van der Waals surface area contributed by atoms with E-state index in [4.69, 9.17) is 14.6 Å². The summed E-state index contributed by atoms with van der Waals surface area (Å²) in [5, 5.41) is 11.3. The molecule has 0 unspecified atom stereocenters. The number of nitrogens with one attached hydrogen (secondary N) is 1. The Labute approximate surface area is 176 Å². The van der Waals surface area contributed by atoms with Crippen LogP contribution in [0.3, 0.4) is 0 Å². The van der Waals surface area contributed by atoms with Crippen LogP contribution in [-0.4, -0.2) is 67.9 Å². The summed E-state index contributed by atoms with van der Waals surface area (Å²) in [6.45, 7) is 1.57. The highest BCUT2D eigenvalue weighted by Gasteiger charge is 2.28. The van der Waals surface area contributed by atoms with Gasteiger partial charge in [-0.05, 0) is 43.4 Å². The van der Waals surface area contributed by atoms with Crippen molar-refractivity contribution in [1.29, 1.82) is 0 Å². The van der Waals surface area contributed by atoms with E-state index in [0.29, 0.717) is 39.0 Å². The van der Waals surface area contributed by atoms with Crippen LogP contribution in [0.25, 0.3) is 0 Å². The zero-order valence-corrected chi connectivity index (χ0v) is 17.3. The number of ether oxygens (including phenoxy) is 3. The molecule has 1 aliphatic rings. The van der Waals surface area contributed by atoms with Crippen LogP contribution in [0.5, 0.6) is 5.75 Å². The molecule has 9 heteroatoms. The second-order valence-corrected chi connectivity index (χ2v) is 7.03. The van der Waals surface area contributed by atoms with Crippen molar-refractivity contribution < 1.29 is 33.7 Å². The molecule has 166 valence electrons. The van der Waals surface area contributed by atoms with Gasteiger partial charge in [0.25, 0.3) is 0 Å². The van der Waals surface area contributed by atoms with Crippen molar-refractivity contribution in [2.75, 3.05) is 40.0 Å². The third kappa shape index (κ3) is 7.90. The summed E-state index contributed by atoms with van der Waals surface area (Å²) >= 11 is 0. The standard InChI is InChI=1S/C21H30N2O7/c1-28-19(25)14-22-20(26)17-8-10-23(11-9-17)21(27)30-15-16-4-6-18(7-5-16)29-13-3-2-12-24/h4-7,17,24H,2-3,8-15H2,1H3,(H,22,26). The van der Waals surface area contributed by atoms with Crippen molar-refractivity contribution in [2.24, 2.45) is 5.92 Å². The number of rotatable bonds is 10. The summed E-state index contributed by atoms with van der Waals surface area (Å²) in [4.78, 5) is 37.0. The summed E-state index contributed by atoms with van der Waals surface area (Å²) in [6, 6.07) is 7.32. The molecule has 2 amide bonds. The minimum Gasteiger partial charge on any atom is -0.494 e. The number of benzene rings is 1. The van der Waals surface area contributed by atoms with Crippen molar-refractivity contribution in [3.8, 4) is 5.75 Å². The van der Waals surface area contributed by atoms with Gasteiger partial charge in [-0.15, -0.1) is 0 Å². The first kappa shape index (κ1) is 23.5. The number of hydrogen-bond acceptors (Lipinski definition) is 7. The maximum absolute atomic E-state index is 12.3. The van der Waals surface area contributed by atoms with Gasteiger partial charge in [-0.25, -0.2) is 4.79 Å². The van der Waals surface area contributed by atoms with Gasteiger partial charge in [0.1, 0.15) is 18.9 Å². The number of likely N-dealkylation sites (tertiary alicyclic amines) is 1. The van der Waals surface area contributed by atoms with E-state index in [0.717, 1.165) is 17.7 Å². The predicted molar refractivity (Wildman–Crippen MR) is 108 cm³/mol. The lowest BCUT2D eigenvalue weighted by molar-refractivity contribution is -0.141. The quantitative estimate of drug-likeness (QED) is 0.433. The number of piperidine rings is 1. The van der Waals surface area contributed by atoms with Crippen LogP contribution in [0, 0.1) is 5.92 Å². The van der Waals surface area contributed by atoms with E-state index < -0.39 is 12.1 Å². The number of aliphatic hydroxyl groups excluding tert-OH is 1. The third-order valence-corrected chi connectivity index (χ3v) is 4.87. The van der Waals surface area contributed by atoms with Gasteiger partial charge in [0.05, 0.1) is 13.7 Å². The molecule has 0 spiro atoms. The second kappa shape index (κ2) is 12.7. The van der Waals surface area contributed by atoms with Crippen LogP contribution < -0.4 is 10.1 Å². The lowest BCUT2D eigenvalue weighted by Crippen LogP contribution is -2.44. The number of hydrogen-bond donors (Lipinski definition) is 2. The molecule has 0 aliphatic carbocycles. The van der Waals surface area contributed by atoms with Crippen LogP contribution in [-0.2, 0) is 25.7 Å². The van der Waals surface area contributed by atoms with E-state index in [1.54, 1.807) is 4.90 Å². The third-order valence-electron chi connectivity index (χ3n) is 4.87. The van der Waals surface area contributed by atoms with Gasteiger partial charge in [0.15, 0.2) is 0 Å². The summed E-state index contributed by atoms with van der Waals surface area (Å²) in [7, 11) is 1.27. The number of nitrogens with zero attached hydrogens (tertiary/aromatic N) is 1. The van der Waals surface area contributed by atoms with E-state index in [1.807, 2.05) is 24.3 Å². The molecular weight excluding hydrogens is 392 g/mol. The van der Waals surface area contributed by atoms with Gasteiger partial charge in [0, 0.05) is 25.6 Å². The Balaban J connectivity index is 1.67. The minimum atomic E-state index is -0.495.